The summed E-state index contributed by atoms with van der Waals surface area (Å²) in [6, 6.07) is 9.48. The molecule has 0 radical (unpaired) electrons. The van der Waals surface area contributed by atoms with Gasteiger partial charge in [-0.25, -0.2) is 4.98 Å². The van der Waals surface area contributed by atoms with Crippen LogP contribution in [0.3, 0.4) is 0 Å². The fraction of sp³-hybridized carbons (Fsp3) is 0.353. The summed E-state index contributed by atoms with van der Waals surface area (Å²) >= 11 is 1.72. The van der Waals surface area contributed by atoms with Crippen molar-refractivity contribution in [3.8, 4) is 0 Å². The largest absolute Gasteiger partial charge is 0.350 e. The van der Waals surface area contributed by atoms with E-state index in [4.69, 9.17) is 0 Å². The lowest BCUT2D eigenvalue weighted by atomic mass is 10.1. The van der Waals surface area contributed by atoms with Gasteiger partial charge < -0.3 is 14.8 Å². The van der Waals surface area contributed by atoms with Crippen LogP contribution in [0.2, 0.25) is 0 Å². The minimum absolute atomic E-state index is 0.124. The first-order valence-electron chi connectivity index (χ1n) is 8.05. The van der Waals surface area contributed by atoms with Gasteiger partial charge in [-0.1, -0.05) is 30.0 Å². The first-order chi connectivity index (χ1) is 11.7. The maximum absolute atomic E-state index is 12.5. The number of thioether (sulfide) groups is 1. The molecule has 4 rings (SSSR count). The van der Waals surface area contributed by atoms with Crippen molar-refractivity contribution >= 4 is 29.3 Å². The molecular formula is C17H18N4O2S. The van der Waals surface area contributed by atoms with Gasteiger partial charge in [-0.15, -0.1) is 0 Å². The number of aromatic nitrogens is 2. The van der Waals surface area contributed by atoms with Gasteiger partial charge in [0, 0.05) is 30.7 Å². The Hall–Kier alpha value is -2.28. The number of benzene rings is 1. The first-order valence-corrected chi connectivity index (χ1v) is 9.04. The normalized spacial score (nSPS) is 19.6. The maximum atomic E-state index is 12.5. The van der Waals surface area contributed by atoms with Crippen molar-refractivity contribution in [1.82, 2.24) is 14.9 Å². The number of carbonyl (C=O) groups is 2. The molecule has 6 nitrogen and oxygen atoms in total. The molecular weight excluding hydrogens is 324 g/mol. The van der Waals surface area contributed by atoms with Crippen molar-refractivity contribution in [2.75, 3.05) is 17.2 Å². The van der Waals surface area contributed by atoms with E-state index in [0.29, 0.717) is 19.5 Å². The third-order valence-electron chi connectivity index (χ3n) is 4.39. The van der Waals surface area contributed by atoms with E-state index in [0.717, 1.165) is 28.8 Å². The van der Waals surface area contributed by atoms with E-state index in [-0.39, 0.29) is 11.8 Å². The van der Waals surface area contributed by atoms with Gasteiger partial charge in [0.25, 0.3) is 0 Å². The molecule has 1 atom stereocenters. The number of nitrogens with one attached hydrogen (secondary N) is 1. The monoisotopic (exact) mass is 342 g/mol. The van der Waals surface area contributed by atoms with Crippen LogP contribution in [0.1, 0.15) is 12.1 Å². The number of hydrogen-bond acceptors (Lipinski definition) is 4. The van der Waals surface area contributed by atoms with Crippen LogP contribution < -0.4 is 10.2 Å². The quantitative estimate of drug-likeness (QED) is 0.858. The van der Waals surface area contributed by atoms with Gasteiger partial charge in [0.05, 0.1) is 12.2 Å². The molecule has 0 aliphatic carbocycles. The van der Waals surface area contributed by atoms with Crippen molar-refractivity contribution in [2.45, 2.75) is 24.7 Å². The van der Waals surface area contributed by atoms with Gasteiger partial charge in [-0.2, -0.15) is 0 Å². The van der Waals surface area contributed by atoms with Crippen LogP contribution in [0.5, 0.6) is 0 Å². The molecule has 1 aromatic carbocycles. The Kier molecular flexibility index (Phi) is 4.02. The zero-order valence-corrected chi connectivity index (χ0v) is 14.0. The Morgan fingerprint density at radius 3 is 2.92 bits per heavy atom. The van der Waals surface area contributed by atoms with Gasteiger partial charge in [0.2, 0.25) is 11.8 Å². The number of amides is 2. The summed E-state index contributed by atoms with van der Waals surface area (Å²) in [7, 11) is 0. The van der Waals surface area contributed by atoms with E-state index in [1.54, 1.807) is 16.7 Å². The van der Waals surface area contributed by atoms with Gasteiger partial charge >= 0.3 is 0 Å². The van der Waals surface area contributed by atoms with Crippen molar-refractivity contribution in [1.29, 1.82) is 0 Å². The Morgan fingerprint density at radius 2 is 2.12 bits per heavy atom. The molecule has 2 amide bonds. The second kappa shape index (κ2) is 6.32. The van der Waals surface area contributed by atoms with Gasteiger partial charge in [0.1, 0.15) is 5.92 Å². The van der Waals surface area contributed by atoms with E-state index >= 15 is 0 Å². The smallest absolute Gasteiger partial charge is 0.239 e. The van der Waals surface area contributed by atoms with Crippen LogP contribution in [0.15, 0.2) is 41.7 Å². The lowest BCUT2D eigenvalue weighted by molar-refractivity contribution is -0.132. The van der Waals surface area contributed by atoms with E-state index in [2.05, 4.69) is 14.9 Å². The van der Waals surface area contributed by atoms with Crippen molar-refractivity contribution in [3.05, 3.63) is 42.2 Å². The summed E-state index contributed by atoms with van der Waals surface area (Å²) in [5.41, 5.74) is 1.69. The summed E-state index contributed by atoms with van der Waals surface area (Å²) in [5, 5.41) is 3.87. The van der Waals surface area contributed by atoms with Gasteiger partial charge in [0.15, 0.2) is 5.16 Å². The van der Waals surface area contributed by atoms with E-state index in [1.165, 1.54) is 0 Å². The number of anilines is 1. The molecule has 2 aromatic rings. The summed E-state index contributed by atoms with van der Waals surface area (Å²) in [4.78, 5) is 31.1. The number of aryl methyl sites for hydroxylation is 1. The predicted molar refractivity (Wildman–Crippen MR) is 91.7 cm³/mol. The molecule has 2 aliphatic rings. The fourth-order valence-electron chi connectivity index (χ4n) is 3.14. The summed E-state index contributed by atoms with van der Waals surface area (Å²) in [6.45, 7) is 1.92. The number of imidazole rings is 1. The highest BCUT2D eigenvalue weighted by Gasteiger charge is 2.37. The molecule has 124 valence electrons. The van der Waals surface area contributed by atoms with Crippen molar-refractivity contribution < 1.29 is 9.59 Å². The minimum Gasteiger partial charge on any atom is -0.350 e. The molecule has 1 saturated heterocycles. The predicted octanol–water partition coefficient (Wildman–Crippen LogP) is 1.66. The third kappa shape index (κ3) is 2.80. The van der Waals surface area contributed by atoms with E-state index in [1.807, 2.05) is 36.5 Å². The number of para-hydroxylation sites is 1. The SMILES string of the molecule is O=C(NCc1cn2c(n1)SCC2)[C@H]1CCN(c2ccccc2)C1=O. The number of nitrogens with zero attached hydrogens (tertiary/aromatic N) is 3. The van der Waals surface area contributed by atoms with Crippen molar-refractivity contribution in [3.63, 3.8) is 0 Å². The van der Waals surface area contributed by atoms with Crippen LogP contribution in [0.4, 0.5) is 5.69 Å². The number of hydrogen-bond donors (Lipinski definition) is 1. The van der Waals surface area contributed by atoms with E-state index in [9.17, 15) is 9.59 Å². The van der Waals surface area contributed by atoms with Crippen molar-refractivity contribution in [2.24, 2.45) is 5.92 Å². The second-order valence-corrected chi connectivity index (χ2v) is 7.00. The molecule has 0 spiro atoms. The molecule has 2 aliphatic heterocycles. The standard InChI is InChI=1S/C17H18N4O2S/c22-15(18-10-12-11-20-8-9-24-17(20)19-12)14-6-7-21(16(14)23)13-4-2-1-3-5-13/h1-5,11,14H,6-10H2,(H,18,22)/t14-/m1/s1. The molecule has 0 unspecified atom stereocenters. The molecule has 7 heteroatoms. The topological polar surface area (TPSA) is 67.2 Å². The number of fused-ring (bicyclic) bond motifs is 1. The third-order valence-corrected chi connectivity index (χ3v) is 5.36. The summed E-state index contributed by atoms with van der Waals surface area (Å²) < 4.78 is 2.10. The molecule has 1 fully saturated rings. The highest BCUT2D eigenvalue weighted by atomic mass is 32.2. The number of rotatable bonds is 4. The molecule has 1 aromatic heterocycles. The Morgan fingerprint density at radius 1 is 1.29 bits per heavy atom. The van der Waals surface area contributed by atoms with Crippen LogP contribution in [-0.2, 0) is 22.7 Å². The maximum Gasteiger partial charge on any atom is 0.239 e. The first kappa shape index (κ1) is 15.3. The Bertz CT molecular complexity index is 753. The van der Waals surface area contributed by atoms with Gasteiger partial charge in [-0.05, 0) is 18.6 Å². The molecule has 0 bridgehead atoms. The van der Waals surface area contributed by atoms with Crippen LogP contribution in [0, 0.1) is 5.92 Å². The molecule has 3 heterocycles. The Balaban J connectivity index is 1.37. The lowest BCUT2D eigenvalue weighted by Gasteiger charge is -2.16. The highest BCUT2D eigenvalue weighted by Crippen LogP contribution is 2.26. The lowest BCUT2D eigenvalue weighted by Crippen LogP contribution is -2.36. The second-order valence-electron chi connectivity index (χ2n) is 5.94. The minimum atomic E-state index is -0.603. The van der Waals surface area contributed by atoms with Gasteiger partial charge in [-0.3, -0.25) is 9.59 Å². The summed E-state index contributed by atoms with van der Waals surface area (Å²) in [5.74, 6) is 0.121. The molecule has 1 N–H and O–H groups in total. The average molecular weight is 342 g/mol. The van der Waals surface area contributed by atoms with Crippen LogP contribution in [0.25, 0.3) is 0 Å². The Labute approximate surface area is 144 Å². The van der Waals surface area contributed by atoms with Crippen LogP contribution in [-0.4, -0.2) is 33.7 Å². The van der Waals surface area contributed by atoms with E-state index < -0.39 is 5.92 Å². The summed E-state index contributed by atoms with van der Waals surface area (Å²) in [6.07, 6.45) is 2.53. The number of carbonyl (C=O) groups excluding carboxylic acids is 2. The zero-order valence-electron chi connectivity index (χ0n) is 13.1. The molecule has 24 heavy (non-hydrogen) atoms. The fourth-order valence-corrected chi connectivity index (χ4v) is 4.10. The zero-order chi connectivity index (χ0) is 16.5. The molecule has 0 saturated carbocycles. The average Bonchev–Trinajstić information content (AvgIpc) is 3.28. The van der Waals surface area contributed by atoms with Crippen LogP contribution >= 0.6 is 11.8 Å². The highest BCUT2D eigenvalue weighted by molar-refractivity contribution is 7.99.